The van der Waals surface area contributed by atoms with Gasteiger partial charge in [-0.15, -0.1) is 0 Å². The molecule has 0 spiro atoms. The van der Waals surface area contributed by atoms with Crippen molar-refractivity contribution in [2.24, 2.45) is 5.92 Å². The first-order chi connectivity index (χ1) is 12.3. The third kappa shape index (κ3) is 4.05. The average molecular weight is 343 g/mol. The zero-order valence-corrected chi connectivity index (χ0v) is 14.7. The zero-order valence-electron chi connectivity index (χ0n) is 14.7. The fourth-order valence-corrected chi connectivity index (χ4v) is 4.04. The van der Waals surface area contributed by atoms with Crippen LogP contribution in [-0.4, -0.2) is 57.7 Å². The summed E-state index contributed by atoms with van der Waals surface area (Å²) in [6.07, 6.45) is 4.42. The quantitative estimate of drug-likeness (QED) is 0.791. The molecule has 3 aliphatic heterocycles. The van der Waals surface area contributed by atoms with E-state index in [9.17, 15) is 0 Å². The van der Waals surface area contributed by atoms with Gasteiger partial charge in [0, 0.05) is 45.5 Å². The highest BCUT2D eigenvalue weighted by Crippen LogP contribution is 2.29. The van der Waals surface area contributed by atoms with Gasteiger partial charge in [0.25, 0.3) is 0 Å². The Morgan fingerprint density at radius 2 is 2.16 bits per heavy atom. The number of hydrogen-bond donors (Lipinski definition) is 0. The van der Waals surface area contributed by atoms with Crippen molar-refractivity contribution in [1.82, 2.24) is 24.9 Å². The van der Waals surface area contributed by atoms with Gasteiger partial charge in [-0.2, -0.15) is 4.98 Å². The van der Waals surface area contributed by atoms with E-state index in [2.05, 4.69) is 37.1 Å². The predicted octanol–water partition coefficient (Wildman–Crippen LogP) is 1.71. The van der Waals surface area contributed by atoms with Gasteiger partial charge in [-0.3, -0.25) is 14.8 Å². The highest BCUT2D eigenvalue weighted by Gasteiger charge is 2.35. The molecule has 0 unspecified atom stereocenters. The third-order valence-electron chi connectivity index (χ3n) is 5.14. The molecule has 2 aromatic heterocycles. The smallest absolute Gasteiger partial charge is 0.240 e. The standard InChI is InChI=1S/C18H25N5O2/c1-24-13-17-20-18(25-21-17)12-23-9-14-5-6-16(23)11-22(8-14)10-15-4-2-3-7-19-15/h2-4,7,14,16H,5-6,8-13H2,1H3/t14-,16+/m1/s1. The second kappa shape index (κ2) is 7.59. The Labute approximate surface area is 148 Å². The van der Waals surface area contributed by atoms with Gasteiger partial charge in [-0.25, -0.2) is 0 Å². The summed E-state index contributed by atoms with van der Waals surface area (Å²) in [4.78, 5) is 14.0. The molecule has 2 aromatic rings. The van der Waals surface area contributed by atoms with Crippen LogP contribution in [0.4, 0.5) is 0 Å². The molecular formula is C18H25N5O2. The highest BCUT2D eigenvalue weighted by atomic mass is 16.5. The average Bonchev–Trinajstić information content (AvgIpc) is 2.87. The van der Waals surface area contributed by atoms with Gasteiger partial charge in [-0.1, -0.05) is 11.2 Å². The van der Waals surface area contributed by atoms with Gasteiger partial charge >= 0.3 is 0 Å². The summed E-state index contributed by atoms with van der Waals surface area (Å²) >= 11 is 0. The molecule has 0 saturated carbocycles. The summed E-state index contributed by atoms with van der Waals surface area (Å²) in [7, 11) is 1.64. The molecule has 5 rings (SSSR count). The van der Waals surface area contributed by atoms with Crippen LogP contribution in [0.15, 0.2) is 28.9 Å². The molecule has 25 heavy (non-hydrogen) atoms. The second-order valence-corrected chi connectivity index (χ2v) is 7.08. The van der Waals surface area contributed by atoms with Crippen molar-refractivity contribution in [1.29, 1.82) is 0 Å². The Bertz CT molecular complexity index is 677. The van der Waals surface area contributed by atoms with Crippen molar-refractivity contribution in [3.63, 3.8) is 0 Å². The van der Waals surface area contributed by atoms with Gasteiger partial charge in [0.05, 0.1) is 12.2 Å². The van der Waals surface area contributed by atoms with Crippen molar-refractivity contribution in [2.75, 3.05) is 26.7 Å². The fraction of sp³-hybridized carbons (Fsp3) is 0.611. The summed E-state index contributed by atoms with van der Waals surface area (Å²) in [5.41, 5.74) is 1.15. The fourth-order valence-electron chi connectivity index (χ4n) is 4.04. The van der Waals surface area contributed by atoms with Gasteiger partial charge in [-0.05, 0) is 30.9 Å². The van der Waals surface area contributed by atoms with Crippen LogP contribution in [0.2, 0.25) is 0 Å². The molecule has 0 radical (unpaired) electrons. The van der Waals surface area contributed by atoms with E-state index >= 15 is 0 Å². The maximum absolute atomic E-state index is 5.38. The molecule has 0 aliphatic carbocycles. The monoisotopic (exact) mass is 343 g/mol. The molecule has 0 N–H and O–H groups in total. The lowest BCUT2D eigenvalue weighted by Crippen LogP contribution is -2.43. The molecule has 134 valence electrons. The molecule has 2 bridgehead atoms. The van der Waals surface area contributed by atoms with Crippen LogP contribution in [0.1, 0.15) is 30.3 Å². The van der Waals surface area contributed by atoms with Crippen LogP contribution >= 0.6 is 0 Å². The normalized spacial score (nSPS) is 24.5. The van der Waals surface area contributed by atoms with E-state index in [0.717, 1.165) is 38.4 Å². The molecule has 3 aliphatic rings. The molecular weight excluding hydrogens is 318 g/mol. The number of piperidine rings is 1. The largest absolute Gasteiger partial charge is 0.377 e. The number of ether oxygens (including phenoxy) is 1. The molecule has 3 saturated heterocycles. The van der Waals surface area contributed by atoms with Crippen molar-refractivity contribution < 1.29 is 9.26 Å². The van der Waals surface area contributed by atoms with E-state index in [-0.39, 0.29) is 0 Å². The van der Waals surface area contributed by atoms with E-state index in [1.807, 2.05) is 12.3 Å². The van der Waals surface area contributed by atoms with Crippen LogP contribution in [0.25, 0.3) is 0 Å². The minimum absolute atomic E-state index is 0.396. The molecule has 7 heteroatoms. The molecule has 7 nitrogen and oxygen atoms in total. The van der Waals surface area contributed by atoms with Crippen LogP contribution in [0.3, 0.4) is 0 Å². The Kier molecular flexibility index (Phi) is 5.05. The minimum Gasteiger partial charge on any atom is -0.377 e. The van der Waals surface area contributed by atoms with Crippen molar-refractivity contribution in [3.05, 3.63) is 41.8 Å². The lowest BCUT2D eigenvalue weighted by molar-refractivity contribution is 0.109. The molecule has 0 amide bonds. The van der Waals surface area contributed by atoms with Crippen LogP contribution in [0, 0.1) is 5.92 Å². The Morgan fingerprint density at radius 1 is 1.20 bits per heavy atom. The number of aromatic nitrogens is 3. The lowest BCUT2D eigenvalue weighted by atomic mass is 9.95. The maximum Gasteiger partial charge on any atom is 0.240 e. The van der Waals surface area contributed by atoms with Gasteiger partial charge in [0.15, 0.2) is 5.82 Å². The van der Waals surface area contributed by atoms with Crippen molar-refractivity contribution in [3.8, 4) is 0 Å². The first-order valence-electron chi connectivity index (χ1n) is 8.97. The van der Waals surface area contributed by atoms with E-state index in [4.69, 9.17) is 9.26 Å². The summed E-state index contributed by atoms with van der Waals surface area (Å²) in [5, 5.41) is 3.97. The Morgan fingerprint density at radius 3 is 3.00 bits per heavy atom. The number of hydrogen-bond acceptors (Lipinski definition) is 7. The zero-order chi connectivity index (χ0) is 17.1. The van der Waals surface area contributed by atoms with E-state index < -0.39 is 0 Å². The van der Waals surface area contributed by atoms with Gasteiger partial charge < -0.3 is 9.26 Å². The summed E-state index contributed by atoms with van der Waals surface area (Å²) in [6.45, 7) is 5.38. The number of rotatable bonds is 6. The van der Waals surface area contributed by atoms with Crippen LogP contribution < -0.4 is 0 Å². The van der Waals surface area contributed by atoms with Gasteiger partial charge in [0.2, 0.25) is 5.89 Å². The Hall–Kier alpha value is -1.83. The topological polar surface area (TPSA) is 67.5 Å². The molecule has 0 aromatic carbocycles. The number of fused-ring (bicyclic) bond motifs is 4. The maximum atomic E-state index is 5.38. The van der Waals surface area contributed by atoms with Gasteiger partial charge in [0.1, 0.15) is 6.61 Å². The first kappa shape index (κ1) is 16.6. The number of nitrogens with zero attached hydrogens (tertiary/aromatic N) is 5. The van der Waals surface area contributed by atoms with Crippen molar-refractivity contribution >= 4 is 0 Å². The summed E-state index contributed by atoms with van der Waals surface area (Å²) < 4.78 is 10.4. The predicted molar refractivity (Wildman–Crippen MR) is 91.4 cm³/mol. The summed E-state index contributed by atoms with van der Waals surface area (Å²) in [5.74, 6) is 2.01. The molecule has 5 heterocycles. The van der Waals surface area contributed by atoms with Crippen LogP contribution in [-0.2, 0) is 24.4 Å². The van der Waals surface area contributed by atoms with E-state index in [1.165, 1.54) is 12.8 Å². The number of methoxy groups -OCH3 is 1. The lowest BCUT2D eigenvalue weighted by Gasteiger charge is -2.35. The molecule has 2 atom stereocenters. The van der Waals surface area contributed by atoms with E-state index in [1.54, 1.807) is 7.11 Å². The summed E-state index contributed by atoms with van der Waals surface area (Å²) in [6, 6.07) is 6.69. The Balaban J connectivity index is 1.40. The highest BCUT2D eigenvalue weighted by molar-refractivity contribution is 5.04. The number of pyridine rings is 1. The minimum atomic E-state index is 0.396. The second-order valence-electron chi connectivity index (χ2n) is 7.08. The van der Waals surface area contributed by atoms with Crippen LogP contribution in [0.5, 0.6) is 0 Å². The molecule has 3 fully saturated rings. The third-order valence-corrected chi connectivity index (χ3v) is 5.14. The van der Waals surface area contributed by atoms with Crippen molar-refractivity contribution in [2.45, 2.75) is 38.6 Å². The SMILES string of the molecule is COCc1noc(CN2C[C@@H]3CC[C@H]2CN(Cc2ccccn2)C3)n1. The van der Waals surface area contributed by atoms with E-state index in [0.29, 0.717) is 30.3 Å². The first-order valence-corrected chi connectivity index (χ1v) is 8.97.